The predicted molar refractivity (Wildman–Crippen MR) is 82.2 cm³/mol. The molecule has 116 valence electrons. The largest absolute Gasteiger partial charge is 0.204 e. The van der Waals surface area contributed by atoms with Gasteiger partial charge in [0.1, 0.15) is 0 Å². The minimum absolute atomic E-state index is 0.459. The highest BCUT2D eigenvalue weighted by Gasteiger charge is 2.52. The number of hydrogen-bond donors (Lipinski definition) is 0. The van der Waals surface area contributed by atoms with E-state index in [1.54, 1.807) is 6.07 Å². The molecule has 0 N–H and O–H groups in total. The molecule has 0 saturated heterocycles. The minimum Gasteiger partial charge on any atom is -0.204 e. The van der Waals surface area contributed by atoms with Gasteiger partial charge >= 0.3 is 0 Å². The van der Waals surface area contributed by atoms with E-state index >= 15 is 0 Å². The van der Waals surface area contributed by atoms with E-state index in [9.17, 15) is 8.78 Å². The Balaban J connectivity index is 1.41. The number of hydrogen-bond acceptors (Lipinski definition) is 0. The van der Waals surface area contributed by atoms with Crippen LogP contribution in [0.15, 0.2) is 18.2 Å². The van der Waals surface area contributed by atoms with Crippen LogP contribution < -0.4 is 0 Å². The first-order valence-corrected chi connectivity index (χ1v) is 8.57. The molecule has 0 nitrogen and oxygen atoms in total. The van der Waals surface area contributed by atoms with Crippen molar-refractivity contribution in [3.63, 3.8) is 0 Å². The van der Waals surface area contributed by atoms with Crippen LogP contribution in [-0.2, 0) is 0 Å². The SMILES string of the molecule is CCCCCCC1CC2(C1)CC(c1ccc(F)c(F)c1)C2. The van der Waals surface area contributed by atoms with E-state index < -0.39 is 11.6 Å². The minimum atomic E-state index is -0.733. The van der Waals surface area contributed by atoms with E-state index in [1.807, 2.05) is 0 Å². The van der Waals surface area contributed by atoms with Gasteiger partial charge in [-0.2, -0.15) is 0 Å². The van der Waals surface area contributed by atoms with E-state index in [-0.39, 0.29) is 0 Å². The van der Waals surface area contributed by atoms with Crippen LogP contribution in [-0.4, -0.2) is 0 Å². The highest BCUT2D eigenvalue weighted by atomic mass is 19.2. The fraction of sp³-hybridized carbons (Fsp3) is 0.684. The van der Waals surface area contributed by atoms with Gasteiger partial charge in [-0.3, -0.25) is 0 Å². The van der Waals surface area contributed by atoms with Gasteiger partial charge in [-0.1, -0.05) is 45.1 Å². The van der Waals surface area contributed by atoms with Crippen molar-refractivity contribution in [1.29, 1.82) is 0 Å². The molecule has 0 unspecified atom stereocenters. The van der Waals surface area contributed by atoms with Crippen LogP contribution >= 0.6 is 0 Å². The van der Waals surface area contributed by atoms with Crippen molar-refractivity contribution in [3.8, 4) is 0 Å². The number of rotatable bonds is 6. The van der Waals surface area contributed by atoms with E-state index in [4.69, 9.17) is 0 Å². The molecule has 0 aromatic heterocycles. The summed E-state index contributed by atoms with van der Waals surface area (Å²) in [5.74, 6) is -0.0339. The number of benzene rings is 1. The van der Waals surface area contributed by atoms with Crippen molar-refractivity contribution < 1.29 is 8.78 Å². The van der Waals surface area contributed by atoms with E-state index in [0.29, 0.717) is 11.3 Å². The van der Waals surface area contributed by atoms with Crippen LogP contribution in [0.2, 0.25) is 0 Å². The molecule has 1 aromatic carbocycles. The van der Waals surface area contributed by atoms with Gasteiger partial charge in [0.15, 0.2) is 11.6 Å². The van der Waals surface area contributed by atoms with Crippen LogP contribution in [0.3, 0.4) is 0 Å². The standard InChI is InChI=1S/C19H26F2/c1-2-3-4-5-6-14-10-19(11-14)12-16(13-19)15-7-8-17(20)18(21)9-15/h7-9,14,16H,2-6,10-13H2,1H3. The molecule has 2 fully saturated rings. The Morgan fingerprint density at radius 2 is 1.76 bits per heavy atom. The lowest BCUT2D eigenvalue weighted by atomic mass is 9.47. The van der Waals surface area contributed by atoms with Gasteiger partial charge in [-0.15, -0.1) is 0 Å². The average Bonchev–Trinajstić information content (AvgIpc) is 2.38. The molecule has 0 aliphatic heterocycles. The molecule has 0 radical (unpaired) electrons. The maximum absolute atomic E-state index is 13.3. The molecule has 0 heterocycles. The topological polar surface area (TPSA) is 0 Å². The third-order valence-corrected chi connectivity index (χ3v) is 5.68. The zero-order valence-electron chi connectivity index (χ0n) is 13.0. The van der Waals surface area contributed by atoms with Crippen LogP contribution in [0, 0.1) is 23.0 Å². The van der Waals surface area contributed by atoms with Crippen LogP contribution in [0.1, 0.15) is 76.2 Å². The zero-order valence-corrected chi connectivity index (χ0v) is 13.0. The summed E-state index contributed by atoms with van der Waals surface area (Å²) in [6, 6.07) is 4.43. The van der Waals surface area contributed by atoms with Crippen molar-refractivity contribution in [2.24, 2.45) is 11.3 Å². The van der Waals surface area contributed by atoms with Gasteiger partial charge in [0.2, 0.25) is 0 Å². The summed E-state index contributed by atoms with van der Waals surface area (Å²) < 4.78 is 26.2. The van der Waals surface area contributed by atoms with Gasteiger partial charge < -0.3 is 0 Å². The Morgan fingerprint density at radius 3 is 2.43 bits per heavy atom. The molecular weight excluding hydrogens is 266 g/mol. The Labute approximate surface area is 126 Å². The second kappa shape index (κ2) is 6.06. The van der Waals surface area contributed by atoms with Gasteiger partial charge in [0.25, 0.3) is 0 Å². The van der Waals surface area contributed by atoms with Crippen molar-refractivity contribution in [2.45, 2.75) is 70.6 Å². The van der Waals surface area contributed by atoms with Gasteiger partial charge in [-0.25, -0.2) is 8.78 Å². The molecule has 2 aliphatic carbocycles. The summed E-state index contributed by atoms with van der Waals surface area (Å²) in [4.78, 5) is 0. The van der Waals surface area contributed by atoms with Crippen LogP contribution in [0.5, 0.6) is 0 Å². The summed E-state index contributed by atoms with van der Waals surface area (Å²) in [6.07, 6.45) is 12.0. The molecule has 21 heavy (non-hydrogen) atoms. The van der Waals surface area contributed by atoms with Crippen LogP contribution in [0.4, 0.5) is 8.78 Å². The molecule has 3 rings (SSSR count). The summed E-state index contributed by atoms with van der Waals surface area (Å²) in [5.41, 5.74) is 1.55. The third-order valence-electron chi connectivity index (χ3n) is 5.68. The molecule has 0 atom stereocenters. The molecule has 2 heteroatoms. The average molecular weight is 292 g/mol. The van der Waals surface area contributed by atoms with Gasteiger partial charge in [0.05, 0.1) is 0 Å². The quantitative estimate of drug-likeness (QED) is 0.547. The Bertz CT molecular complexity index is 480. The monoisotopic (exact) mass is 292 g/mol. The Kier molecular flexibility index (Phi) is 4.33. The van der Waals surface area contributed by atoms with Crippen LogP contribution in [0.25, 0.3) is 0 Å². The summed E-state index contributed by atoms with van der Waals surface area (Å²) in [6.45, 7) is 2.26. The Morgan fingerprint density at radius 1 is 1.00 bits per heavy atom. The fourth-order valence-corrected chi connectivity index (χ4v) is 4.55. The summed E-state index contributed by atoms with van der Waals surface area (Å²) in [5, 5.41) is 0. The molecule has 1 aromatic rings. The normalized spacial score (nSPS) is 31.0. The highest BCUT2D eigenvalue weighted by Crippen LogP contribution is 2.64. The fourth-order valence-electron chi connectivity index (χ4n) is 4.55. The van der Waals surface area contributed by atoms with Gasteiger partial charge in [0, 0.05) is 0 Å². The Hall–Kier alpha value is -0.920. The van der Waals surface area contributed by atoms with Crippen molar-refractivity contribution >= 4 is 0 Å². The molecule has 2 aliphatic rings. The second-order valence-electron chi connectivity index (χ2n) is 7.40. The van der Waals surface area contributed by atoms with E-state index in [1.165, 1.54) is 69.9 Å². The third kappa shape index (κ3) is 3.14. The zero-order chi connectivity index (χ0) is 14.9. The van der Waals surface area contributed by atoms with Crippen molar-refractivity contribution in [2.75, 3.05) is 0 Å². The van der Waals surface area contributed by atoms with Crippen molar-refractivity contribution in [3.05, 3.63) is 35.4 Å². The van der Waals surface area contributed by atoms with Gasteiger partial charge in [-0.05, 0) is 60.6 Å². The van der Waals surface area contributed by atoms with E-state index in [0.717, 1.165) is 11.5 Å². The number of halogens is 2. The maximum atomic E-state index is 13.3. The summed E-state index contributed by atoms with van der Waals surface area (Å²) >= 11 is 0. The second-order valence-corrected chi connectivity index (χ2v) is 7.40. The maximum Gasteiger partial charge on any atom is 0.159 e. The predicted octanol–water partition coefficient (Wildman–Crippen LogP) is 6.21. The van der Waals surface area contributed by atoms with E-state index in [2.05, 4.69) is 6.92 Å². The lowest BCUT2D eigenvalue weighted by Crippen LogP contribution is -2.46. The molecule has 0 bridgehead atoms. The first kappa shape index (κ1) is 15.0. The summed E-state index contributed by atoms with van der Waals surface area (Å²) in [7, 11) is 0. The molecule has 1 spiro atoms. The first-order chi connectivity index (χ1) is 10.1. The smallest absolute Gasteiger partial charge is 0.159 e. The molecular formula is C19H26F2. The highest BCUT2D eigenvalue weighted by molar-refractivity contribution is 5.26. The molecule has 0 amide bonds. The van der Waals surface area contributed by atoms with Crippen molar-refractivity contribution in [1.82, 2.24) is 0 Å². The lowest BCUT2D eigenvalue weighted by Gasteiger charge is -2.58. The number of unbranched alkanes of at least 4 members (excludes halogenated alkanes) is 3. The molecule has 2 saturated carbocycles. The lowest BCUT2D eigenvalue weighted by molar-refractivity contribution is -0.0453. The first-order valence-electron chi connectivity index (χ1n) is 8.57.